The number of primary amides is 1. The summed E-state index contributed by atoms with van der Waals surface area (Å²) in [6, 6.07) is 18.1. The van der Waals surface area contributed by atoms with Crippen LogP contribution in [0.4, 0.5) is 0 Å². The smallest absolute Gasteiger partial charge is 0.306 e. The molecule has 0 aliphatic carbocycles. The minimum atomic E-state index is -0.938. The van der Waals surface area contributed by atoms with E-state index in [0.717, 1.165) is 24.2 Å². The molecule has 0 bridgehead atoms. The first-order chi connectivity index (χ1) is 17.4. The maximum Gasteiger partial charge on any atom is 0.306 e. The molecule has 1 fully saturated rings. The summed E-state index contributed by atoms with van der Waals surface area (Å²) in [6.07, 6.45) is 2.74. The molecule has 1 aliphatic heterocycles. The largest absolute Gasteiger partial charge is 0.489 e. The van der Waals surface area contributed by atoms with Crippen molar-refractivity contribution in [2.24, 2.45) is 11.7 Å². The summed E-state index contributed by atoms with van der Waals surface area (Å²) in [6.45, 7) is 2.04. The fourth-order valence-electron chi connectivity index (χ4n) is 4.40. The third-order valence-corrected chi connectivity index (χ3v) is 6.44. The molecule has 1 aliphatic rings. The SMILES string of the molecule is NC(=O)C1CCN(CC(COc2ccccc2CCc2ccccc2)OC(=O)CCCC(=O)O)CC1. The number of nitrogens with zero attached hydrogens (tertiary/aromatic N) is 1. The van der Waals surface area contributed by atoms with Gasteiger partial charge in [-0.1, -0.05) is 48.5 Å². The lowest BCUT2D eigenvalue weighted by Crippen LogP contribution is -2.44. The molecule has 1 unspecified atom stereocenters. The highest BCUT2D eigenvalue weighted by Crippen LogP contribution is 2.22. The molecule has 2 aromatic carbocycles. The Hall–Kier alpha value is -3.39. The van der Waals surface area contributed by atoms with Gasteiger partial charge in [0.1, 0.15) is 18.5 Å². The predicted octanol–water partition coefficient (Wildman–Crippen LogP) is 3.21. The fourth-order valence-corrected chi connectivity index (χ4v) is 4.40. The van der Waals surface area contributed by atoms with Crippen molar-refractivity contribution in [3.63, 3.8) is 0 Å². The number of carbonyl (C=O) groups is 3. The van der Waals surface area contributed by atoms with Gasteiger partial charge >= 0.3 is 11.9 Å². The van der Waals surface area contributed by atoms with Crippen LogP contribution in [-0.2, 0) is 32.0 Å². The van der Waals surface area contributed by atoms with E-state index in [1.807, 2.05) is 42.5 Å². The molecule has 0 spiro atoms. The number of esters is 1. The molecule has 0 radical (unpaired) electrons. The average molecular weight is 497 g/mol. The van der Waals surface area contributed by atoms with Gasteiger partial charge in [0.25, 0.3) is 0 Å². The molecular weight excluding hydrogens is 460 g/mol. The van der Waals surface area contributed by atoms with Gasteiger partial charge < -0.3 is 20.3 Å². The molecule has 8 heteroatoms. The van der Waals surface area contributed by atoms with Crippen LogP contribution in [-0.4, -0.2) is 60.2 Å². The van der Waals surface area contributed by atoms with Crippen LogP contribution in [0.5, 0.6) is 5.75 Å². The number of aliphatic carboxylic acids is 1. The summed E-state index contributed by atoms with van der Waals surface area (Å²) in [5.74, 6) is -1.01. The van der Waals surface area contributed by atoms with E-state index in [1.165, 1.54) is 5.56 Å². The van der Waals surface area contributed by atoms with Crippen molar-refractivity contribution in [3.8, 4) is 5.75 Å². The van der Waals surface area contributed by atoms with E-state index in [0.29, 0.717) is 32.5 Å². The maximum absolute atomic E-state index is 12.4. The number of nitrogens with two attached hydrogens (primary N) is 1. The van der Waals surface area contributed by atoms with Crippen molar-refractivity contribution in [2.75, 3.05) is 26.2 Å². The molecule has 194 valence electrons. The van der Waals surface area contributed by atoms with Gasteiger partial charge in [-0.2, -0.15) is 0 Å². The van der Waals surface area contributed by atoms with Crippen LogP contribution in [0, 0.1) is 5.92 Å². The van der Waals surface area contributed by atoms with Gasteiger partial charge in [0, 0.05) is 25.3 Å². The normalized spacial score (nSPS) is 15.2. The van der Waals surface area contributed by atoms with Gasteiger partial charge in [-0.15, -0.1) is 0 Å². The van der Waals surface area contributed by atoms with Crippen LogP contribution in [0.25, 0.3) is 0 Å². The molecule has 1 saturated heterocycles. The lowest BCUT2D eigenvalue weighted by Gasteiger charge is -2.33. The second kappa shape index (κ2) is 14.2. The standard InChI is InChI=1S/C28H36N2O6/c29-28(34)23-15-17-30(18-16-23)19-24(36-27(33)12-6-11-26(31)32)20-35-25-10-5-4-9-22(25)14-13-21-7-2-1-3-8-21/h1-5,7-10,23-24H,6,11-20H2,(H2,29,34)(H,31,32). The van der Waals surface area contributed by atoms with E-state index < -0.39 is 18.0 Å². The van der Waals surface area contributed by atoms with E-state index in [4.69, 9.17) is 20.3 Å². The molecule has 2 aromatic rings. The van der Waals surface area contributed by atoms with Gasteiger partial charge in [-0.25, -0.2) is 0 Å². The Bertz CT molecular complexity index is 989. The van der Waals surface area contributed by atoms with Crippen molar-refractivity contribution < 1.29 is 29.0 Å². The summed E-state index contributed by atoms with van der Waals surface area (Å²) in [5.41, 5.74) is 7.78. The Balaban J connectivity index is 1.59. The highest BCUT2D eigenvalue weighted by molar-refractivity contribution is 5.76. The zero-order chi connectivity index (χ0) is 25.8. The Morgan fingerprint density at radius 1 is 0.972 bits per heavy atom. The third kappa shape index (κ3) is 9.34. The van der Waals surface area contributed by atoms with Crippen LogP contribution < -0.4 is 10.5 Å². The number of likely N-dealkylation sites (tertiary alicyclic amines) is 1. The molecule has 3 rings (SSSR count). The fraction of sp³-hybridized carbons (Fsp3) is 0.464. The molecule has 3 N–H and O–H groups in total. The minimum Gasteiger partial charge on any atom is -0.489 e. The van der Waals surface area contributed by atoms with Crippen LogP contribution in [0.3, 0.4) is 0 Å². The number of piperidine rings is 1. The monoisotopic (exact) mass is 496 g/mol. The number of aryl methyl sites for hydroxylation is 2. The van der Waals surface area contributed by atoms with E-state index >= 15 is 0 Å². The first kappa shape index (κ1) is 27.2. The van der Waals surface area contributed by atoms with E-state index in [-0.39, 0.29) is 37.7 Å². The van der Waals surface area contributed by atoms with Gasteiger partial charge in [0.05, 0.1) is 0 Å². The number of hydrogen-bond acceptors (Lipinski definition) is 6. The summed E-state index contributed by atoms with van der Waals surface area (Å²) in [5, 5.41) is 8.83. The first-order valence-electron chi connectivity index (χ1n) is 12.6. The zero-order valence-corrected chi connectivity index (χ0v) is 20.6. The van der Waals surface area contributed by atoms with Gasteiger partial charge in [0.2, 0.25) is 5.91 Å². The Labute approximate surface area is 212 Å². The van der Waals surface area contributed by atoms with Crippen molar-refractivity contribution in [3.05, 3.63) is 65.7 Å². The zero-order valence-electron chi connectivity index (χ0n) is 20.6. The molecular formula is C28H36N2O6. The Morgan fingerprint density at radius 3 is 2.36 bits per heavy atom. The lowest BCUT2D eigenvalue weighted by molar-refractivity contribution is -0.152. The van der Waals surface area contributed by atoms with Gasteiger partial charge in [-0.05, 0) is 62.4 Å². The van der Waals surface area contributed by atoms with Crippen molar-refractivity contribution in [2.45, 2.75) is 51.0 Å². The van der Waals surface area contributed by atoms with Crippen LogP contribution in [0.1, 0.15) is 43.2 Å². The van der Waals surface area contributed by atoms with Crippen molar-refractivity contribution >= 4 is 17.8 Å². The van der Waals surface area contributed by atoms with E-state index in [1.54, 1.807) is 0 Å². The lowest BCUT2D eigenvalue weighted by atomic mass is 9.96. The summed E-state index contributed by atoms with van der Waals surface area (Å²) in [4.78, 5) is 36.8. The number of para-hydroxylation sites is 1. The van der Waals surface area contributed by atoms with Crippen molar-refractivity contribution in [1.82, 2.24) is 4.90 Å². The number of rotatable bonds is 14. The van der Waals surface area contributed by atoms with E-state index in [9.17, 15) is 14.4 Å². The second-order valence-corrected chi connectivity index (χ2v) is 9.24. The summed E-state index contributed by atoms with van der Waals surface area (Å²) in [7, 11) is 0. The predicted molar refractivity (Wildman–Crippen MR) is 136 cm³/mol. The number of amides is 1. The number of ether oxygens (including phenoxy) is 2. The third-order valence-electron chi connectivity index (χ3n) is 6.44. The maximum atomic E-state index is 12.4. The Kier molecular flexibility index (Phi) is 10.8. The highest BCUT2D eigenvalue weighted by Gasteiger charge is 2.26. The molecule has 36 heavy (non-hydrogen) atoms. The van der Waals surface area contributed by atoms with Crippen LogP contribution >= 0.6 is 0 Å². The molecule has 1 amide bonds. The highest BCUT2D eigenvalue weighted by atomic mass is 16.6. The molecule has 8 nitrogen and oxygen atoms in total. The number of carboxylic acids is 1. The summed E-state index contributed by atoms with van der Waals surface area (Å²) < 4.78 is 11.9. The van der Waals surface area contributed by atoms with Gasteiger partial charge in [-0.3, -0.25) is 19.3 Å². The first-order valence-corrected chi connectivity index (χ1v) is 12.6. The molecule has 1 heterocycles. The second-order valence-electron chi connectivity index (χ2n) is 9.24. The minimum absolute atomic E-state index is 0.0419. The van der Waals surface area contributed by atoms with Crippen LogP contribution in [0.15, 0.2) is 54.6 Å². The molecule has 0 aromatic heterocycles. The average Bonchev–Trinajstić information content (AvgIpc) is 2.87. The Morgan fingerprint density at radius 2 is 1.67 bits per heavy atom. The quantitative estimate of drug-likeness (QED) is 0.386. The number of hydrogen-bond donors (Lipinski definition) is 2. The molecule has 0 saturated carbocycles. The number of carbonyl (C=O) groups excluding carboxylic acids is 2. The summed E-state index contributed by atoms with van der Waals surface area (Å²) >= 11 is 0. The van der Waals surface area contributed by atoms with E-state index in [2.05, 4.69) is 17.0 Å². The number of carboxylic acid groups (broad SMARTS) is 1. The topological polar surface area (TPSA) is 119 Å². The van der Waals surface area contributed by atoms with Crippen LogP contribution in [0.2, 0.25) is 0 Å². The van der Waals surface area contributed by atoms with Gasteiger partial charge in [0.15, 0.2) is 0 Å². The molecule has 1 atom stereocenters. The number of benzene rings is 2. The van der Waals surface area contributed by atoms with Crippen molar-refractivity contribution in [1.29, 1.82) is 0 Å².